The molecule has 11 heteroatoms. The van der Waals surface area contributed by atoms with E-state index in [1.807, 2.05) is 28.8 Å². The number of nitrogens with one attached hydrogen (secondary N) is 1. The number of hydrogen-bond donors (Lipinski definition) is 1. The summed E-state index contributed by atoms with van der Waals surface area (Å²) in [4.78, 5) is 16.5. The fourth-order valence-electron chi connectivity index (χ4n) is 4.48. The van der Waals surface area contributed by atoms with Gasteiger partial charge >= 0.3 is 0 Å². The molecule has 0 spiro atoms. The highest BCUT2D eigenvalue weighted by atomic mass is 32.2. The quantitative estimate of drug-likeness (QED) is 0.610. The Morgan fingerprint density at radius 2 is 1.97 bits per heavy atom. The van der Waals surface area contributed by atoms with Crippen LogP contribution < -0.4 is 15.0 Å². The third kappa shape index (κ3) is 3.41. The molecule has 0 amide bonds. The van der Waals surface area contributed by atoms with E-state index in [-0.39, 0.29) is 12.6 Å². The van der Waals surface area contributed by atoms with Crippen molar-refractivity contribution >= 4 is 32.6 Å². The molecule has 1 N–H and O–H groups in total. The minimum atomic E-state index is -3.50. The predicted molar refractivity (Wildman–Crippen MR) is 126 cm³/mol. The number of para-hydroxylation sites is 2. The van der Waals surface area contributed by atoms with Gasteiger partial charge in [-0.05, 0) is 26.0 Å². The maximum absolute atomic E-state index is 13.0. The van der Waals surface area contributed by atoms with Crippen LogP contribution in [-0.2, 0) is 19.3 Å². The molecule has 10 nitrogen and oxygen atoms in total. The van der Waals surface area contributed by atoms with E-state index < -0.39 is 14.6 Å². The Bertz CT molecular complexity index is 1320. The van der Waals surface area contributed by atoms with E-state index in [9.17, 15) is 8.42 Å². The number of fused-ring (bicyclic) bond motifs is 2. The zero-order valence-electron chi connectivity index (χ0n) is 19.2. The SMILES string of the molecule is CNc1nc2ccccc2n1-c1nc(N2CCOC[C@H]2C)c2c(n1)C(C)(S(C)(=O)=O)CCO2. The summed E-state index contributed by atoms with van der Waals surface area (Å²) in [5, 5.41) is 3.11. The van der Waals surface area contributed by atoms with E-state index in [0.717, 1.165) is 11.0 Å². The van der Waals surface area contributed by atoms with Gasteiger partial charge in [0.25, 0.3) is 0 Å². The molecule has 3 aromatic rings. The molecule has 4 heterocycles. The molecule has 2 aromatic heterocycles. The van der Waals surface area contributed by atoms with Gasteiger partial charge in [0.1, 0.15) is 10.4 Å². The van der Waals surface area contributed by atoms with E-state index >= 15 is 0 Å². The number of ether oxygens (including phenoxy) is 2. The smallest absolute Gasteiger partial charge is 0.239 e. The first-order chi connectivity index (χ1) is 15.7. The monoisotopic (exact) mass is 472 g/mol. The number of morpholine rings is 1. The number of sulfone groups is 1. The summed E-state index contributed by atoms with van der Waals surface area (Å²) in [7, 11) is -1.72. The lowest BCUT2D eigenvalue weighted by atomic mass is 9.99. The molecule has 0 saturated carbocycles. The minimum absolute atomic E-state index is 0.0453. The van der Waals surface area contributed by atoms with Crippen molar-refractivity contribution in [1.82, 2.24) is 19.5 Å². The fraction of sp³-hybridized carbons (Fsp3) is 0.500. The van der Waals surface area contributed by atoms with Gasteiger partial charge in [-0.3, -0.25) is 0 Å². The number of rotatable bonds is 4. The van der Waals surface area contributed by atoms with Gasteiger partial charge < -0.3 is 19.7 Å². The summed E-state index contributed by atoms with van der Waals surface area (Å²) in [6.07, 6.45) is 1.57. The molecule has 2 aliphatic heterocycles. The van der Waals surface area contributed by atoms with Crippen molar-refractivity contribution in [3.05, 3.63) is 30.0 Å². The number of anilines is 2. The number of hydrogen-bond acceptors (Lipinski definition) is 9. The maximum atomic E-state index is 13.0. The molecule has 1 aromatic carbocycles. The van der Waals surface area contributed by atoms with Gasteiger partial charge in [-0.2, -0.15) is 4.98 Å². The van der Waals surface area contributed by atoms with Crippen molar-refractivity contribution in [2.75, 3.05) is 49.9 Å². The van der Waals surface area contributed by atoms with E-state index in [1.165, 1.54) is 6.26 Å². The molecular weight excluding hydrogens is 444 g/mol. The Hall–Kier alpha value is -2.92. The molecule has 1 saturated heterocycles. The van der Waals surface area contributed by atoms with E-state index in [0.29, 0.717) is 55.3 Å². The van der Waals surface area contributed by atoms with Crippen molar-refractivity contribution < 1.29 is 17.9 Å². The predicted octanol–water partition coefficient (Wildman–Crippen LogP) is 2.12. The second-order valence-electron chi connectivity index (χ2n) is 8.75. The van der Waals surface area contributed by atoms with E-state index in [1.54, 1.807) is 14.0 Å². The van der Waals surface area contributed by atoms with Crippen LogP contribution in [0, 0.1) is 0 Å². The molecule has 2 atom stereocenters. The van der Waals surface area contributed by atoms with Crippen LogP contribution in [0.5, 0.6) is 5.75 Å². The molecule has 0 radical (unpaired) electrons. The molecule has 0 aliphatic carbocycles. The Kier molecular flexibility index (Phi) is 5.20. The average Bonchev–Trinajstić information content (AvgIpc) is 3.17. The van der Waals surface area contributed by atoms with Crippen molar-refractivity contribution in [2.24, 2.45) is 0 Å². The van der Waals surface area contributed by atoms with Crippen LogP contribution in [0.25, 0.3) is 17.0 Å². The molecule has 5 rings (SSSR count). The summed E-state index contributed by atoms with van der Waals surface area (Å²) in [5.74, 6) is 1.93. The lowest BCUT2D eigenvalue weighted by Crippen LogP contribution is -2.46. The molecule has 0 bridgehead atoms. The van der Waals surface area contributed by atoms with Crippen LogP contribution in [0.15, 0.2) is 24.3 Å². The number of aromatic nitrogens is 4. The van der Waals surface area contributed by atoms with Gasteiger partial charge in [0.15, 0.2) is 21.4 Å². The fourth-order valence-corrected chi connectivity index (χ4v) is 5.42. The second kappa shape index (κ2) is 7.84. The largest absolute Gasteiger partial charge is 0.488 e. The van der Waals surface area contributed by atoms with Gasteiger partial charge in [-0.1, -0.05) is 12.1 Å². The van der Waals surface area contributed by atoms with Crippen molar-refractivity contribution in [3.8, 4) is 11.7 Å². The van der Waals surface area contributed by atoms with Crippen LogP contribution in [0.4, 0.5) is 11.8 Å². The van der Waals surface area contributed by atoms with Crippen molar-refractivity contribution in [1.29, 1.82) is 0 Å². The van der Waals surface area contributed by atoms with E-state index in [4.69, 9.17) is 19.4 Å². The third-order valence-electron chi connectivity index (χ3n) is 6.60. The Morgan fingerprint density at radius 3 is 2.70 bits per heavy atom. The van der Waals surface area contributed by atoms with Gasteiger partial charge in [-0.15, -0.1) is 0 Å². The number of nitrogens with zero attached hydrogens (tertiary/aromatic N) is 5. The Morgan fingerprint density at radius 1 is 1.18 bits per heavy atom. The lowest BCUT2D eigenvalue weighted by molar-refractivity contribution is 0.0979. The summed E-state index contributed by atoms with van der Waals surface area (Å²) in [6, 6.07) is 7.74. The molecule has 2 aliphatic rings. The van der Waals surface area contributed by atoms with Gasteiger partial charge in [0.05, 0.1) is 36.9 Å². The lowest BCUT2D eigenvalue weighted by Gasteiger charge is -2.39. The highest BCUT2D eigenvalue weighted by Gasteiger charge is 2.46. The highest BCUT2D eigenvalue weighted by Crippen LogP contribution is 2.46. The topological polar surface area (TPSA) is 111 Å². The van der Waals surface area contributed by atoms with Crippen LogP contribution >= 0.6 is 0 Å². The van der Waals surface area contributed by atoms with Crippen LogP contribution in [-0.4, -0.2) is 73.6 Å². The van der Waals surface area contributed by atoms with Crippen LogP contribution in [0.2, 0.25) is 0 Å². The van der Waals surface area contributed by atoms with Gasteiger partial charge in [-0.25, -0.2) is 23.0 Å². The maximum Gasteiger partial charge on any atom is 0.239 e. The summed E-state index contributed by atoms with van der Waals surface area (Å²) in [5.41, 5.74) is 1.99. The van der Waals surface area contributed by atoms with E-state index in [2.05, 4.69) is 22.1 Å². The first kappa shape index (κ1) is 21.9. The number of benzene rings is 1. The zero-order valence-corrected chi connectivity index (χ0v) is 20.0. The molecule has 33 heavy (non-hydrogen) atoms. The number of imidazole rings is 1. The van der Waals surface area contributed by atoms with Crippen molar-refractivity contribution in [2.45, 2.75) is 31.1 Å². The highest BCUT2D eigenvalue weighted by molar-refractivity contribution is 7.91. The van der Waals surface area contributed by atoms with Gasteiger partial charge in [0, 0.05) is 26.3 Å². The second-order valence-corrected chi connectivity index (χ2v) is 11.2. The summed E-state index contributed by atoms with van der Waals surface area (Å²) >= 11 is 0. The molecular formula is C22H28N6O4S. The Balaban J connectivity index is 1.83. The Labute approximate surface area is 192 Å². The van der Waals surface area contributed by atoms with Crippen LogP contribution in [0.1, 0.15) is 26.0 Å². The normalized spacial score (nSPS) is 23.3. The molecule has 1 fully saturated rings. The summed E-state index contributed by atoms with van der Waals surface area (Å²) < 4.78 is 38.2. The standard InChI is InChI=1S/C22H28N6O4S/c1-14-13-31-12-10-27(14)19-17-18(22(2,9-11-32-17)33(4,29)30)25-21(26-19)28-16-8-6-5-7-15(16)24-20(28)23-3/h5-8,14H,9-13H2,1-4H3,(H,23,24)/t14-,22?/m1/s1. The first-order valence-electron chi connectivity index (χ1n) is 11.0. The third-order valence-corrected chi connectivity index (χ3v) is 8.64. The molecule has 1 unspecified atom stereocenters. The molecule has 176 valence electrons. The summed E-state index contributed by atoms with van der Waals surface area (Å²) in [6.45, 7) is 5.77. The average molecular weight is 473 g/mol. The zero-order chi connectivity index (χ0) is 23.4. The first-order valence-corrected chi connectivity index (χ1v) is 12.9. The van der Waals surface area contributed by atoms with Crippen molar-refractivity contribution in [3.63, 3.8) is 0 Å². The van der Waals surface area contributed by atoms with Crippen LogP contribution in [0.3, 0.4) is 0 Å². The minimum Gasteiger partial charge on any atom is -0.488 e. The van der Waals surface area contributed by atoms with Gasteiger partial charge in [0.2, 0.25) is 11.9 Å².